The van der Waals surface area contributed by atoms with Gasteiger partial charge in [-0.05, 0) is 70.8 Å². The predicted molar refractivity (Wildman–Crippen MR) is 135 cm³/mol. The van der Waals surface area contributed by atoms with E-state index in [4.69, 9.17) is 16.4 Å². The van der Waals surface area contributed by atoms with Crippen molar-refractivity contribution < 1.29 is 0 Å². The largest absolute Gasteiger partial charge is 0.355 e. The van der Waals surface area contributed by atoms with Crippen LogP contribution >= 0.6 is 0 Å². The minimum atomic E-state index is 0.344. The Bertz CT molecular complexity index is 1040. The van der Waals surface area contributed by atoms with E-state index >= 15 is 0 Å². The van der Waals surface area contributed by atoms with E-state index in [0.717, 1.165) is 56.9 Å². The highest BCUT2D eigenvalue weighted by Gasteiger charge is 2.34. The number of hydrogen-bond acceptors (Lipinski definition) is 5. The fraction of sp³-hybridized carbons (Fsp3) is 0.556. The summed E-state index contributed by atoms with van der Waals surface area (Å²) >= 11 is 0. The molecule has 2 saturated heterocycles. The van der Waals surface area contributed by atoms with Gasteiger partial charge in [-0.25, -0.2) is 4.57 Å². The number of aromatic nitrogens is 2. The number of aryl methyl sites for hydroxylation is 1. The van der Waals surface area contributed by atoms with Gasteiger partial charge in [-0.15, -0.1) is 0 Å². The van der Waals surface area contributed by atoms with Crippen LogP contribution < -0.4 is 10.4 Å². The Kier molecular flexibility index (Phi) is 7.52. The van der Waals surface area contributed by atoms with Crippen LogP contribution in [0.5, 0.6) is 0 Å². The summed E-state index contributed by atoms with van der Waals surface area (Å²) in [6, 6.07) is 14.5. The zero-order valence-electron chi connectivity index (χ0n) is 20.6. The molecule has 0 N–H and O–H groups in total. The number of likely N-dealkylation sites (N-methyl/N-ethyl adjacent to an activating group) is 1. The van der Waals surface area contributed by atoms with Gasteiger partial charge in [0.1, 0.15) is 11.3 Å². The van der Waals surface area contributed by atoms with E-state index in [9.17, 15) is 0 Å². The average molecular weight is 447 g/mol. The van der Waals surface area contributed by atoms with E-state index in [1.54, 1.807) is 0 Å². The number of anilines is 1. The van der Waals surface area contributed by atoms with Crippen LogP contribution in [-0.2, 0) is 0 Å². The van der Waals surface area contributed by atoms with Gasteiger partial charge in [0, 0.05) is 50.5 Å². The lowest BCUT2D eigenvalue weighted by Gasteiger charge is -2.44. The Morgan fingerprint density at radius 2 is 1.91 bits per heavy atom. The van der Waals surface area contributed by atoms with Crippen molar-refractivity contribution in [2.24, 2.45) is 4.99 Å². The van der Waals surface area contributed by atoms with Gasteiger partial charge in [0.05, 0.1) is 18.3 Å². The highest BCUT2D eigenvalue weighted by atomic mass is 15.3. The molecule has 2 atom stereocenters. The molecule has 4 heterocycles. The molecule has 6 heteroatoms. The SMILES string of the molecule is C#Cn1c(N2CCN(C)CC2)cccc1=NC[C@H]1CCC[C@@H](c2ncccc2C)N1C(C)C. The second kappa shape index (κ2) is 10.5. The Morgan fingerprint density at radius 3 is 2.61 bits per heavy atom. The van der Waals surface area contributed by atoms with Gasteiger partial charge >= 0.3 is 0 Å². The zero-order valence-corrected chi connectivity index (χ0v) is 20.6. The van der Waals surface area contributed by atoms with Gasteiger partial charge < -0.3 is 9.80 Å². The molecule has 2 aromatic heterocycles. The topological polar surface area (TPSA) is 39.9 Å². The first-order valence-electron chi connectivity index (χ1n) is 12.3. The lowest BCUT2D eigenvalue weighted by molar-refractivity contribution is 0.0521. The normalized spacial score (nSPS) is 23.2. The maximum absolute atomic E-state index is 5.98. The smallest absolute Gasteiger partial charge is 0.141 e. The molecule has 2 fully saturated rings. The highest BCUT2D eigenvalue weighted by Crippen LogP contribution is 2.36. The second-order valence-electron chi connectivity index (χ2n) is 9.68. The first kappa shape index (κ1) is 23.5. The maximum Gasteiger partial charge on any atom is 0.141 e. The fourth-order valence-electron chi connectivity index (χ4n) is 5.41. The van der Waals surface area contributed by atoms with Crippen molar-refractivity contribution in [2.45, 2.75) is 58.2 Å². The van der Waals surface area contributed by atoms with E-state index in [-0.39, 0.29) is 0 Å². The monoisotopic (exact) mass is 446 g/mol. The van der Waals surface area contributed by atoms with E-state index in [1.807, 2.05) is 22.9 Å². The van der Waals surface area contributed by atoms with Gasteiger partial charge in [-0.2, -0.15) is 0 Å². The van der Waals surface area contributed by atoms with Crippen molar-refractivity contribution in [2.75, 3.05) is 44.7 Å². The predicted octanol–water partition coefficient (Wildman–Crippen LogP) is 3.29. The van der Waals surface area contributed by atoms with Crippen molar-refractivity contribution in [1.82, 2.24) is 19.4 Å². The first-order valence-corrected chi connectivity index (χ1v) is 12.3. The van der Waals surface area contributed by atoms with Crippen molar-refractivity contribution in [3.63, 3.8) is 0 Å². The summed E-state index contributed by atoms with van der Waals surface area (Å²) in [5.74, 6) is 1.07. The number of pyridine rings is 2. The Balaban J connectivity index is 1.60. The van der Waals surface area contributed by atoms with E-state index in [0.29, 0.717) is 18.1 Å². The number of rotatable bonds is 5. The van der Waals surface area contributed by atoms with E-state index in [2.05, 4.69) is 66.8 Å². The standard InChI is InChI=1S/C27H38N6/c1-6-32-25(13-8-14-26(32)31-18-16-30(5)17-19-31)29-20-23-11-7-12-24(33(23)21(2)3)27-22(4)10-9-15-28-27/h1,8-10,13-15,21,23-24H,7,11-12,16-20H2,2-5H3/t23-,24+/m1/s1. The van der Waals surface area contributed by atoms with Crippen molar-refractivity contribution in [3.05, 3.63) is 53.3 Å². The Labute approximate surface area is 199 Å². The van der Waals surface area contributed by atoms with Crippen LogP contribution in [0.2, 0.25) is 0 Å². The van der Waals surface area contributed by atoms with Crippen LogP contribution in [0.25, 0.3) is 0 Å². The third-order valence-corrected chi connectivity index (χ3v) is 7.13. The quantitative estimate of drug-likeness (QED) is 0.661. The molecule has 2 aliphatic rings. The Hall–Kier alpha value is -2.62. The highest BCUT2D eigenvalue weighted by molar-refractivity contribution is 5.42. The molecule has 0 aromatic carbocycles. The molecule has 6 nitrogen and oxygen atoms in total. The first-order chi connectivity index (χ1) is 16.0. The summed E-state index contributed by atoms with van der Waals surface area (Å²) in [7, 11) is 2.17. The molecule has 2 aliphatic heterocycles. The summed E-state index contributed by atoms with van der Waals surface area (Å²) in [6.45, 7) is 11.6. The second-order valence-corrected chi connectivity index (χ2v) is 9.68. The van der Waals surface area contributed by atoms with Gasteiger partial charge in [-0.1, -0.05) is 18.6 Å². The van der Waals surface area contributed by atoms with Crippen LogP contribution in [0.4, 0.5) is 5.82 Å². The number of hydrogen-bond donors (Lipinski definition) is 0. The van der Waals surface area contributed by atoms with Crippen molar-refractivity contribution >= 4 is 5.82 Å². The van der Waals surface area contributed by atoms with Crippen LogP contribution in [0.1, 0.15) is 50.4 Å². The molecular weight excluding hydrogens is 408 g/mol. The van der Waals surface area contributed by atoms with Crippen LogP contribution in [0, 0.1) is 19.4 Å². The Morgan fingerprint density at radius 1 is 1.12 bits per heavy atom. The summed E-state index contributed by atoms with van der Waals surface area (Å²) in [4.78, 5) is 17.2. The third kappa shape index (κ3) is 5.15. The summed E-state index contributed by atoms with van der Waals surface area (Å²) in [5.41, 5.74) is 3.36. The molecular formula is C27H38N6. The minimum absolute atomic E-state index is 0.344. The number of piperidine rings is 1. The van der Waals surface area contributed by atoms with E-state index < -0.39 is 0 Å². The molecule has 0 unspecified atom stereocenters. The fourth-order valence-corrected chi connectivity index (χ4v) is 5.41. The van der Waals surface area contributed by atoms with Gasteiger partial charge in [0.2, 0.25) is 0 Å². The zero-order chi connectivity index (χ0) is 23.4. The number of likely N-dealkylation sites (tertiary alicyclic amines) is 1. The minimum Gasteiger partial charge on any atom is -0.355 e. The lowest BCUT2D eigenvalue weighted by atomic mass is 9.90. The summed E-state index contributed by atoms with van der Waals surface area (Å²) in [5, 5.41) is 0. The lowest BCUT2D eigenvalue weighted by Crippen LogP contribution is -2.48. The van der Waals surface area contributed by atoms with Crippen LogP contribution in [0.15, 0.2) is 41.5 Å². The van der Waals surface area contributed by atoms with Crippen LogP contribution in [0.3, 0.4) is 0 Å². The molecule has 0 bridgehead atoms. The summed E-state index contributed by atoms with van der Waals surface area (Å²) in [6.07, 6.45) is 11.4. The molecule has 0 amide bonds. The molecule has 0 saturated carbocycles. The van der Waals surface area contributed by atoms with Crippen molar-refractivity contribution in [1.29, 1.82) is 0 Å². The maximum atomic E-state index is 5.98. The molecule has 176 valence electrons. The number of terminal acetylenes is 1. The van der Waals surface area contributed by atoms with Gasteiger partial charge in [-0.3, -0.25) is 14.9 Å². The van der Waals surface area contributed by atoms with E-state index in [1.165, 1.54) is 17.7 Å². The molecule has 33 heavy (non-hydrogen) atoms. The molecule has 0 aliphatic carbocycles. The average Bonchev–Trinajstić information content (AvgIpc) is 2.83. The summed E-state index contributed by atoms with van der Waals surface area (Å²) < 4.78 is 1.92. The molecule has 0 radical (unpaired) electrons. The number of nitrogens with zero attached hydrogens (tertiary/aromatic N) is 6. The van der Waals surface area contributed by atoms with Crippen molar-refractivity contribution in [3.8, 4) is 12.5 Å². The van der Waals surface area contributed by atoms with Gasteiger partial charge in [0.15, 0.2) is 0 Å². The van der Waals surface area contributed by atoms with Crippen LogP contribution in [-0.4, -0.2) is 71.2 Å². The molecule has 2 aromatic rings. The van der Waals surface area contributed by atoms with Gasteiger partial charge in [0.25, 0.3) is 0 Å². The third-order valence-electron chi connectivity index (χ3n) is 7.13. The molecule has 4 rings (SSSR count). The molecule has 0 spiro atoms. The number of piperazine rings is 1.